The maximum Gasteiger partial charge on any atom is 0.156 e. The lowest BCUT2D eigenvalue weighted by molar-refractivity contribution is -0.114. The summed E-state index contributed by atoms with van der Waals surface area (Å²) in [7, 11) is -1.06. The minimum absolute atomic E-state index is 0.198. The maximum atomic E-state index is 11.4. The van der Waals surface area contributed by atoms with Gasteiger partial charge in [0.1, 0.15) is 11.3 Å². The highest BCUT2D eigenvalue weighted by molar-refractivity contribution is 9.10. The first kappa shape index (κ1) is 15.7. The van der Waals surface area contributed by atoms with Gasteiger partial charge in [0.25, 0.3) is 0 Å². The summed E-state index contributed by atoms with van der Waals surface area (Å²) in [4.78, 5) is 11.4. The summed E-state index contributed by atoms with van der Waals surface area (Å²) in [6.07, 6.45) is 3.13. The van der Waals surface area contributed by atoms with Crippen molar-refractivity contribution in [3.8, 4) is 0 Å². The minimum Gasteiger partial charge on any atom is -0.360 e. The van der Waals surface area contributed by atoms with E-state index >= 15 is 0 Å². The number of nitrogens with zero attached hydrogens (tertiary/aromatic N) is 2. The topological polar surface area (TPSA) is 44.1 Å². The third-order valence-corrected chi connectivity index (χ3v) is 5.36. The first-order valence-corrected chi connectivity index (χ1v) is 11.4. The van der Waals surface area contributed by atoms with Crippen molar-refractivity contribution in [2.24, 2.45) is 0 Å². The van der Waals surface area contributed by atoms with Crippen LogP contribution in [0.5, 0.6) is 0 Å². The molecule has 0 saturated heterocycles. The van der Waals surface area contributed by atoms with Crippen LogP contribution in [0.4, 0.5) is 0 Å². The molecule has 20 heavy (non-hydrogen) atoms. The van der Waals surface area contributed by atoms with Crippen LogP contribution in [0.2, 0.25) is 25.7 Å². The molecule has 0 aromatic carbocycles. The van der Waals surface area contributed by atoms with Crippen LogP contribution in [0, 0.1) is 0 Å². The monoisotopic (exact) mass is 356 g/mol. The molecule has 0 N–H and O–H groups in total. The summed E-state index contributed by atoms with van der Waals surface area (Å²) < 4.78 is 8.35. The standard InChI is InChI=1S/C14H21BrN2O2Si/c1-20(2,3)7-6-19-10-17-13(9-14(15)16-17)11-4-5-12(18)8-11/h8-9H,4-7,10H2,1-3H3. The highest BCUT2D eigenvalue weighted by atomic mass is 79.9. The van der Waals surface area contributed by atoms with Crippen LogP contribution >= 0.6 is 15.9 Å². The van der Waals surface area contributed by atoms with E-state index in [0.29, 0.717) is 13.2 Å². The second-order valence-corrected chi connectivity index (χ2v) is 12.8. The molecule has 0 saturated carbocycles. The molecule has 1 aromatic heterocycles. The van der Waals surface area contributed by atoms with Crippen LogP contribution in [0.25, 0.3) is 5.57 Å². The molecule has 1 aliphatic carbocycles. The first-order chi connectivity index (χ1) is 9.35. The Bertz CT molecular complexity index is 532. The normalized spacial score (nSPS) is 15.8. The first-order valence-electron chi connectivity index (χ1n) is 6.90. The van der Waals surface area contributed by atoms with Crippen LogP contribution in [0.15, 0.2) is 16.7 Å². The predicted octanol–water partition coefficient (Wildman–Crippen LogP) is 3.70. The van der Waals surface area contributed by atoms with E-state index in [9.17, 15) is 4.79 Å². The summed E-state index contributed by atoms with van der Waals surface area (Å²) in [6, 6.07) is 3.10. The molecule has 1 aliphatic rings. The van der Waals surface area contributed by atoms with E-state index in [0.717, 1.165) is 34.9 Å². The largest absolute Gasteiger partial charge is 0.360 e. The van der Waals surface area contributed by atoms with E-state index in [4.69, 9.17) is 4.74 Å². The molecule has 1 aromatic rings. The Morgan fingerprint density at radius 1 is 1.40 bits per heavy atom. The van der Waals surface area contributed by atoms with Crippen molar-refractivity contribution in [2.45, 2.75) is 45.3 Å². The Labute approximate surface area is 129 Å². The fourth-order valence-electron chi connectivity index (χ4n) is 2.07. The smallest absolute Gasteiger partial charge is 0.156 e. The molecule has 0 amide bonds. The van der Waals surface area contributed by atoms with Gasteiger partial charge in [-0.15, -0.1) is 0 Å². The Morgan fingerprint density at radius 3 is 2.75 bits per heavy atom. The Balaban J connectivity index is 1.98. The Hall–Kier alpha value is -0.723. The Morgan fingerprint density at radius 2 is 2.15 bits per heavy atom. The number of carbonyl (C=O) groups excluding carboxylic acids is 1. The van der Waals surface area contributed by atoms with Crippen molar-refractivity contribution in [1.29, 1.82) is 0 Å². The second-order valence-electron chi connectivity index (χ2n) is 6.34. The molecule has 0 radical (unpaired) electrons. The van der Waals surface area contributed by atoms with Crippen LogP contribution in [-0.4, -0.2) is 30.2 Å². The number of ketones is 1. The predicted molar refractivity (Wildman–Crippen MR) is 86.3 cm³/mol. The van der Waals surface area contributed by atoms with E-state index in [-0.39, 0.29) is 5.78 Å². The summed E-state index contributed by atoms with van der Waals surface area (Å²) in [6.45, 7) is 8.21. The zero-order valence-corrected chi connectivity index (χ0v) is 14.9. The van der Waals surface area contributed by atoms with Gasteiger partial charge < -0.3 is 4.74 Å². The molecule has 6 heteroatoms. The fraction of sp³-hybridized carbons (Fsp3) is 0.571. The highest BCUT2D eigenvalue weighted by Gasteiger charge is 2.18. The molecule has 2 rings (SSSR count). The molecule has 0 bridgehead atoms. The summed E-state index contributed by atoms with van der Waals surface area (Å²) in [5.74, 6) is 0.198. The van der Waals surface area contributed by atoms with Gasteiger partial charge in [0.05, 0.1) is 5.69 Å². The van der Waals surface area contributed by atoms with Crippen molar-refractivity contribution in [3.05, 3.63) is 22.4 Å². The number of hydrogen-bond donors (Lipinski definition) is 0. The third-order valence-electron chi connectivity index (χ3n) is 3.27. The van der Waals surface area contributed by atoms with Gasteiger partial charge in [-0.25, -0.2) is 4.68 Å². The number of aromatic nitrogens is 2. The number of rotatable bonds is 6. The van der Waals surface area contributed by atoms with Crippen molar-refractivity contribution >= 4 is 35.4 Å². The summed E-state index contributed by atoms with van der Waals surface area (Å²) in [5, 5.41) is 4.38. The van der Waals surface area contributed by atoms with E-state index in [1.165, 1.54) is 0 Å². The molecular formula is C14H21BrN2O2Si. The average molecular weight is 357 g/mol. The molecular weight excluding hydrogens is 336 g/mol. The quantitative estimate of drug-likeness (QED) is 0.576. The molecule has 0 unspecified atom stereocenters. The molecule has 0 aliphatic heterocycles. The van der Waals surface area contributed by atoms with Crippen LogP contribution in [0.3, 0.4) is 0 Å². The summed E-state index contributed by atoms with van der Waals surface area (Å²) >= 11 is 3.39. The molecule has 0 spiro atoms. The van der Waals surface area contributed by atoms with Gasteiger partial charge in [0.2, 0.25) is 0 Å². The number of halogens is 1. The van der Waals surface area contributed by atoms with Gasteiger partial charge in [0, 0.05) is 21.1 Å². The van der Waals surface area contributed by atoms with E-state index in [1.807, 2.05) is 10.7 Å². The van der Waals surface area contributed by atoms with Gasteiger partial charge in [-0.1, -0.05) is 19.6 Å². The highest BCUT2D eigenvalue weighted by Crippen LogP contribution is 2.27. The van der Waals surface area contributed by atoms with E-state index in [1.54, 1.807) is 6.08 Å². The van der Waals surface area contributed by atoms with Gasteiger partial charge >= 0.3 is 0 Å². The SMILES string of the molecule is C[Si](C)(C)CCOCn1nc(Br)cc1C1=CC(=O)CC1. The average Bonchev–Trinajstić information content (AvgIpc) is 2.90. The van der Waals surface area contributed by atoms with Crippen LogP contribution < -0.4 is 0 Å². The molecule has 0 fully saturated rings. The van der Waals surface area contributed by atoms with Crippen molar-refractivity contribution < 1.29 is 9.53 Å². The lowest BCUT2D eigenvalue weighted by Gasteiger charge is -2.16. The van der Waals surface area contributed by atoms with Crippen molar-refractivity contribution in [3.63, 3.8) is 0 Å². The number of allylic oxidation sites excluding steroid dienone is 2. The molecule has 0 atom stereocenters. The van der Waals surface area contributed by atoms with E-state index in [2.05, 4.69) is 40.7 Å². The second kappa shape index (κ2) is 6.36. The van der Waals surface area contributed by atoms with Crippen LogP contribution in [-0.2, 0) is 16.3 Å². The Kier molecular flexibility index (Phi) is 4.98. The zero-order chi connectivity index (χ0) is 14.8. The summed E-state index contributed by atoms with van der Waals surface area (Å²) in [5.41, 5.74) is 2.04. The number of carbonyl (C=O) groups is 1. The molecule has 1 heterocycles. The fourth-order valence-corrected chi connectivity index (χ4v) is 3.24. The lowest BCUT2D eigenvalue weighted by Crippen LogP contribution is -2.22. The van der Waals surface area contributed by atoms with Gasteiger partial charge in [-0.05, 0) is 46.1 Å². The maximum absolute atomic E-state index is 11.4. The van der Waals surface area contributed by atoms with Crippen molar-refractivity contribution in [2.75, 3.05) is 6.61 Å². The minimum atomic E-state index is -1.06. The molecule has 110 valence electrons. The lowest BCUT2D eigenvalue weighted by atomic mass is 10.2. The third kappa shape index (κ3) is 4.39. The van der Waals surface area contributed by atoms with Crippen LogP contribution in [0.1, 0.15) is 18.5 Å². The van der Waals surface area contributed by atoms with Gasteiger partial charge in [-0.2, -0.15) is 5.10 Å². The van der Waals surface area contributed by atoms with E-state index < -0.39 is 8.07 Å². The molecule has 4 nitrogen and oxygen atoms in total. The van der Waals surface area contributed by atoms with Gasteiger partial charge in [-0.3, -0.25) is 4.79 Å². The number of hydrogen-bond acceptors (Lipinski definition) is 3. The van der Waals surface area contributed by atoms with Gasteiger partial charge in [0.15, 0.2) is 5.78 Å². The van der Waals surface area contributed by atoms with Crippen molar-refractivity contribution in [1.82, 2.24) is 9.78 Å². The zero-order valence-electron chi connectivity index (χ0n) is 12.3. The number of ether oxygens (including phenoxy) is 1.